The zero-order chi connectivity index (χ0) is 30.3. The maximum Gasteiger partial charge on any atom is 0.513 e. The molecule has 3 rings (SSSR count). The first-order valence-corrected chi connectivity index (χ1v) is 12.1. The van der Waals surface area contributed by atoms with Gasteiger partial charge in [0, 0.05) is 12.6 Å². The van der Waals surface area contributed by atoms with Crippen LogP contribution in [0.15, 0.2) is 71.3 Å². The van der Waals surface area contributed by atoms with E-state index in [0.717, 1.165) is 26.2 Å². The number of dihydropyridines is 1. The van der Waals surface area contributed by atoms with Crippen LogP contribution in [0.4, 0.5) is 18.0 Å². The maximum atomic E-state index is 14.0. The number of halogens is 3. The van der Waals surface area contributed by atoms with Gasteiger partial charge in [0.15, 0.2) is 0 Å². The van der Waals surface area contributed by atoms with Gasteiger partial charge in [0.2, 0.25) is 0 Å². The number of hydrogen-bond acceptors (Lipinski definition) is 10. The number of carbonyl (C=O) groups excluding carboxylic acids is 4. The molecule has 1 atom stereocenters. The molecule has 0 bridgehead atoms. The van der Waals surface area contributed by atoms with Gasteiger partial charge in [0.05, 0.1) is 29.9 Å². The van der Waals surface area contributed by atoms with Crippen LogP contribution in [0.1, 0.15) is 48.2 Å². The molecule has 0 amide bonds. The van der Waals surface area contributed by atoms with Gasteiger partial charge >= 0.3 is 30.2 Å². The van der Waals surface area contributed by atoms with E-state index in [0.29, 0.717) is 0 Å². The lowest BCUT2D eigenvalue weighted by Crippen LogP contribution is -2.32. The van der Waals surface area contributed by atoms with Crippen molar-refractivity contribution < 1.29 is 56.0 Å². The first-order chi connectivity index (χ1) is 19.3. The summed E-state index contributed by atoms with van der Waals surface area (Å²) in [6, 6.07) is 10.4. The summed E-state index contributed by atoms with van der Waals surface area (Å²) in [5.74, 6) is -4.38. The molecule has 2 aromatic rings. The highest BCUT2D eigenvalue weighted by Gasteiger charge is 2.42. The van der Waals surface area contributed by atoms with E-state index < -0.39 is 54.9 Å². The molecule has 13 heteroatoms. The lowest BCUT2D eigenvalue weighted by Gasteiger charge is -2.31. The van der Waals surface area contributed by atoms with Crippen molar-refractivity contribution in [3.05, 3.63) is 87.9 Å². The fraction of sp³-hybridized carbons (Fsp3) is 0.286. The minimum atomic E-state index is -4.80. The van der Waals surface area contributed by atoms with Crippen molar-refractivity contribution in [1.29, 1.82) is 0 Å². The van der Waals surface area contributed by atoms with Crippen molar-refractivity contribution in [1.82, 2.24) is 5.32 Å². The summed E-state index contributed by atoms with van der Waals surface area (Å²) in [4.78, 5) is 49.0. The number of rotatable bonds is 8. The lowest BCUT2D eigenvalue weighted by atomic mass is 9.82. The number of esters is 3. The van der Waals surface area contributed by atoms with Crippen LogP contribution < -0.4 is 10.1 Å². The summed E-state index contributed by atoms with van der Waals surface area (Å²) >= 11 is 0. The molecule has 41 heavy (non-hydrogen) atoms. The summed E-state index contributed by atoms with van der Waals surface area (Å²) in [6.45, 7) is 3.17. The topological polar surface area (TPSA) is 126 Å². The van der Waals surface area contributed by atoms with Crippen molar-refractivity contribution in [2.45, 2.75) is 32.9 Å². The molecular weight excluding hydrogens is 551 g/mol. The Kier molecular flexibility index (Phi) is 9.76. The predicted octanol–water partition coefficient (Wildman–Crippen LogP) is 5.01. The van der Waals surface area contributed by atoms with Gasteiger partial charge in [-0.25, -0.2) is 14.4 Å². The average Bonchev–Trinajstić information content (AvgIpc) is 2.91. The standard InChI is InChI=1S/C28H26F3NO9/c1-15-22(26(35)39-14-13-38-25(34)19-10-6-8-12-21(19)40-17(3)33)23(24(16(2)32-15)41-27(36)37-4)18-9-5-7-11-20(18)28(29,30)31/h5-12,23,32H,13-14H2,1-4H3. The Morgan fingerprint density at radius 3 is 2.10 bits per heavy atom. The zero-order valence-electron chi connectivity index (χ0n) is 22.4. The van der Waals surface area contributed by atoms with Gasteiger partial charge in [-0.15, -0.1) is 0 Å². The van der Waals surface area contributed by atoms with Crippen molar-refractivity contribution in [2.75, 3.05) is 20.3 Å². The highest BCUT2D eigenvalue weighted by Crippen LogP contribution is 2.44. The van der Waals surface area contributed by atoms with Crippen LogP contribution in [-0.4, -0.2) is 44.4 Å². The Labute approximate surface area is 232 Å². The van der Waals surface area contributed by atoms with Crippen molar-refractivity contribution in [3.8, 4) is 5.75 Å². The van der Waals surface area contributed by atoms with Crippen LogP contribution in [0, 0.1) is 0 Å². The highest BCUT2D eigenvalue weighted by atomic mass is 19.4. The molecule has 0 fully saturated rings. The number of alkyl halides is 3. The molecule has 0 saturated heterocycles. The van der Waals surface area contributed by atoms with E-state index >= 15 is 0 Å². The van der Waals surface area contributed by atoms with E-state index in [-0.39, 0.29) is 39.6 Å². The van der Waals surface area contributed by atoms with Crippen LogP contribution in [-0.2, 0) is 34.7 Å². The molecule has 0 aliphatic carbocycles. The number of para-hydroxylation sites is 1. The fourth-order valence-corrected chi connectivity index (χ4v) is 4.12. The minimum Gasteiger partial charge on any atom is -0.459 e. The van der Waals surface area contributed by atoms with E-state index in [9.17, 15) is 32.3 Å². The number of methoxy groups -OCH3 is 1. The predicted molar refractivity (Wildman–Crippen MR) is 135 cm³/mol. The minimum absolute atomic E-state index is 0.0254. The quantitative estimate of drug-likeness (QED) is 0.198. The number of benzene rings is 2. The van der Waals surface area contributed by atoms with E-state index in [2.05, 4.69) is 10.1 Å². The Hall–Kier alpha value is -4.81. The van der Waals surface area contributed by atoms with Crippen LogP contribution in [0.2, 0.25) is 0 Å². The van der Waals surface area contributed by atoms with Gasteiger partial charge in [0.1, 0.15) is 30.3 Å². The van der Waals surface area contributed by atoms with Gasteiger partial charge in [0.25, 0.3) is 0 Å². The maximum absolute atomic E-state index is 14.0. The summed E-state index contributed by atoms with van der Waals surface area (Å²) < 4.78 is 67.0. The molecule has 218 valence electrons. The monoisotopic (exact) mass is 577 g/mol. The Morgan fingerprint density at radius 2 is 1.46 bits per heavy atom. The first-order valence-electron chi connectivity index (χ1n) is 12.1. The van der Waals surface area contributed by atoms with Gasteiger partial charge in [-0.2, -0.15) is 13.2 Å². The third-order valence-electron chi connectivity index (χ3n) is 5.77. The van der Waals surface area contributed by atoms with Gasteiger partial charge in [-0.05, 0) is 37.6 Å². The number of ether oxygens (including phenoxy) is 5. The van der Waals surface area contributed by atoms with E-state index in [4.69, 9.17) is 18.9 Å². The number of hydrogen-bond donors (Lipinski definition) is 1. The normalized spacial score (nSPS) is 15.0. The third kappa shape index (κ3) is 7.44. The smallest absolute Gasteiger partial charge is 0.459 e. The Morgan fingerprint density at radius 1 is 0.854 bits per heavy atom. The zero-order valence-corrected chi connectivity index (χ0v) is 22.4. The molecule has 0 saturated carbocycles. The summed E-state index contributed by atoms with van der Waals surface area (Å²) in [5, 5.41) is 2.82. The van der Waals surface area contributed by atoms with Crippen molar-refractivity contribution in [3.63, 3.8) is 0 Å². The second-order valence-electron chi connectivity index (χ2n) is 8.59. The number of allylic oxidation sites excluding steroid dienone is 3. The van der Waals surface area contributed by atoms with Crippen molar-refractivity contribution in [2.24, 2.45) is 0 Å². The molecule has 1 heterocycles. The van der Waals surface area contributed by atoms with Gasteiger partial charge in [-0.1, -0.05) is 30.3 Å². The second kappa shape index (κ2) is 13.0. The molecular formula is C28H26F3NO9. The third-order valence-corrected chi connectivity index (χ3v) is 5.77. The van der Waals surface area contributed by atoms with Crippen molar-refractivity contribution >= 4 is 24.1 Å². The van der Waals surface area contributed by atoms with Crippen LogP contribution >= 0.6 is 0 Å². The summed E-state index contributed by atoms with van der Waals surface area (Å²) in [7, 11) is 1.02. The van der Waals surface area contributed by atoms with Gasteiger partial charge in [-0.3, -0.25) is 4.79 Å². The average molecular weight is 578 g/mol. The SMILES string of the molecule is COC(=O)OC1=C(C)NC(C)=C(C(=O)OCCOC(=O)c2ccccc2OC(C)=O)C1c1ccccc1C(F)(F)F. The molecule has 2 aromatic carbocycles. The van der Waals surface area contributed by atoms with E-state index in [1.807, 2.05) is 0 Å². The molecule has 1 unspecified atom stereocenters. The highest BCUT2D eigenvalue weighted by molar-refractivity contribution is 5.94. The Balaban J connectivity index is 1.85. The molecule has 10 nitrogen and oxygen atoms in total. The van der Waals surface area contributed by atoms with Gasteiger partial charge < -0.3 is 29.0 Å². The van der Waals surface area contributed by atoms with Crippen LogP contribution in [0.3, 0.4) is 0 Å². The van der Waals surface area contributed by atoms with E-state index in [1.165, 1.54) is 44.2 Å². The number of nitrogens with one attached hydrogen (secondary N) is 1. The second-order valence-corrected chi connectivity index (χ2v) is 8.59. The number of carbonyl (C=O) groups is 4. The molecule has 1 aliphatic rings. The largest absolute Gasteiger partial charge is 0.513 e. The Bertz CT molecular complexity index is 1410. The van der Waals surface area contributed by atoms with Crippen LogP contribution in [0.25, 0.3) is 0 Å². The first kappa shape index (κ1) is 30.7. The molecule has 0 radical (unpaired) electrons. The van der Waals surface area contributed by atoms with E-state index in [1.54, 1.807) is 6.07 Å². The van der Waals surface area contributed by atoms with Crippen LogP contribution in [0.5, 0.6) is 5.75 Å². The molecule has 1 aliphatic heterocycles. The molecule has 0 spiro atoms. The summed E-state index contributed by atoms with van der Waals surface area (Å²) in [6.07, 6.45) is -6.01. The fourth-order valence-electron chi connectivity index (χ4n) is 4.12. The molecule has 1 N–H and O–H groups in total. The molecule has 0 aromatic heterocycles. The lowest BCUT2D eigenvalue weighted by molar-refractivity contribution is -0.141. The summed E-state index contributed by atoms with van der Waals surface area (Å²) in [5.41, 5.74) is -1.40.